The molecule has 0 bridgehead atoms. The number of hydrogen-bond acceptors (Lipinski definition) is 5. The second kappa shape index (κ2) is 10.7. The fourth-order valence-corrected chi connectivity index (χ4v) is 4.46. The van der Waals surface area contributed by atoms with Crippen LogP contribution < -0.4 is 19.1 Å². The molecule has 7 nitrogen and oxygen atoms in total. The Morgan fingerprint density at radius 2 is 1.34 bits per heavy atom. The number of nitrogens with one attached hydrogen (secondary N) is 1. The average molecular weight is 455 g/mol. The molecule has 0 saturated carbocycles. The van der Waals surface area contributed by atoms with Crippen molar-refractivity contribution in [3.05, 3.63) is 78.9 Å². The monoisotopic (exact) mass is 454 g/mol. The van der Waals surface area contributed by atoms with E-state index in [1.807, 2.05) is 13.8 Å². The van der Waals surface area contributed by atoms with Gasteiger partial charge in [-0.05, 0) is 74.5 Å². The van der Waals surface area contributed by atoms with Gasteiger partial charge in [0.2, 0.25) is 5.91 Å². The summed E-state index contributed by atoms with van der Waals surface area (Å²) in [6.45, 7) is 4.38. The number of carbonyl (C=O) groups excluding carboxylic acids is 1. The summed E-state index contributed by atoms with van der Waals surface area (Å²) in [5, 5.41) is 2.74. The first-order chi connectivity index (χ1) is 15.4. The van der Waals surface area contributed by atoms with Crippen LogP contribution in [0.2, 0.25) is 0 Å². The largest absolute Gasteiger partial charge is 0.494 e. The highest BCUT2D eigenvalue weighted by molar-refractivity contribution is 7.92. The molecule has 3 aromatic rings. The van der Waals surface area contributed by atoms with E-state index in [0.29, 0.717) is 36.1 Å². The van der Waals surface area contributed by atoms with Crippen LogP contribution in [-0.2, 0) is 14.8 Å². The fourth-order valence-electron chi connectivity index (χ4n) is 3.04. The Morgan fingerprint density at radius 3 is 1.88 bits per heavy atom. The molecule has 0 aliphatic heterocycles. The number of carbonyl (C=O) groups is 1. The molecule has 0 atom stereocenters. The van der Waals surface area contributed by atoms with Crippen LogP contribution in [-0.4, -0.2) is 34.1 Å². The third kappa shape index (κ3) is 5.79. The quantitative estimate of drug-likeness (QED) is 0.493. The van der Waals surface area contributed by atoms with Gasteiger partial charge in [-0.15, -0.1) is 0 Å². The molecule has 0 aliphatic rings. The zero-order valence-electron chi connectivity index (χ0n) is 18.0. The van der Waals surface area contributed by atoms with Crippen molar-refractivity contribution in [2.75, 3.05) is 29.4 Å². The van der Waals surface area contributed by atoms with Gasteiger partial charge in [-0.3, -0.25) is 9.10 Å². The Balaban J connectivity index is 1.83. The third-order valence-electron chi connectivity index (χ3n) is 4.50. The van der Waals surface area contributed by atoms with E-state index in [2.05, 4.69) is 5.32 Å². The minimum Gasteiger partial charge on any atom is -0.494 e. The van der Waals surface area contributed by atoms with E-state index in [9.17, 15) is 13.2 Å². The Bertz CT molecular complexity index is 1120. The van der Waals surface area contributed by atoms with Crippen LogP contribution in [0.1, 0.15) is 13.8 Å². The number of anilines is 2. The summed E-state index contributed by atoms with van der Waals surface area (Å²) < 4.78 is 38.7. The average Bonchev–Trinajstić information content (AvgIpc) is 2.80. The molecule has 1 N–H and O–H groups in total. The Morgan fingerprint density at radius 1 is 0.812 bits per heavy atom. The summed E-state index contributed by atoms with van der Waals surface area (Å²) >= 11 is 0. The van der Waals surface area contributed by atoms with Crippen LogP contribution >= 0.6 is 0 Å². The molecular weight excluding hydrogens is 428 g/mol. The van der Waals surface area contributed by atoms with Crippen LogP contribution in [0.3, 0.4) is 0 Å². The maximum absolute atomic E-state index is 13.4. The highest BCUT2D eigenvalue weighted by Crippen LogP contribution is 2.25. The van der Waals surface area contributed by atoms with Crippen LogP contribution in [0.25, 0.3) is 0 Å². The van der Waals surface area contributed by atoms with Gasteiger partial charge in [0.15, 0.2) is 0 Å². The first-order valence-electron chi connectivity index (χ1n) is 10.3. The SMILES string of the molecule is CCOc1ccc(NC(=O)CN(c2ccccc2)S(=O)(=O)c2ccc(OCC)cc2)cc1. The molecule has 0 heterocycles. The fraction of sp³-hybridized carbons (Fsp3) is 0.208. The first kappa shape index (κ1) is 23.1. The molecule has 0 spiro atoms. The van der Waals surface area contributed by atoms with Gasteiger partial charge in [0.05, 0.1) is 23.8 Å². The molecule has 1 amide bonds. The molecular formula is C24H26N2O5S. The van der Waals surface area contributed by atoms with E-state index in [1.54, 1.807) is 66.7 Å². The maximum Gasteiger partial charge on any atom is 0.264 e. The van der Waals surface area contributed by atoms with Crippen LogP contribution in [0.15, 0.2) is 83.8 Å². The van der Waals surface area contributed by atoms with Crippen LogP contribution in [0.4, 0.5) is 11.4 Å². The number of ether oxygens (including phenoxy) is 2. The van der Waals surface area contributed by atoms with E-state index in [1.165, 1.54) is 12.1 Å². The second-order valence-electron chi connectivity index (χ2n) is 6.76. The molecule has 32 heavy (non-hydrogen) atoms. The van der Waals surface area contributed by atoms with Gasteiger partial charge in [-0.25, -0.2) is 8.42 Å². The maximum atomic E-state index is 13.4. The molecule has 0 radical (unpaired) electrons. The number of rotatable bonds is 10. The zero-order chi connectivity index (χ0) is 23.0. The Labute approximate surface area is 188 Å². The Kier molecular flexibility index (Phi) is 7.72. The standard InChI is InChI=1S/C24H26N2O5S/c1-3-30-21-12-10-19(11-13-21)25-24(27)18-26(20-8-6-5-7-9-20)32(28,29)23-16-14-22(15-17-23)31-4-2/h5-17H,3-4,18H2,1-2H3,(H,25,27). The smallest absolute Gasteiger partial charge is 0.264 e. The lowest BCUT2D eigenvalue weighted by atomic mass is 10.3. The van der Waals surface area contributed by atoms with Crippen molar-refractivity contribution in [3.63, 3.8) is 0 Å². The molecule has 0 saturated heterocycles. The summed E-state index contributed by atoms with van der Waals surface area (Å²) in [7, 11) is -3.99. The number of benzene rings is 3. The lowest BCUT2D eigenvalue weighted by molar-refractivity contribution is -0.114. The van der Waals surface area contributed by atoms with Crippen molar-refractivity contribution in [2.45, 2.75) is 18.7 Å². The number of nitrogens with zero attached hydrogens (tertiary/aromatic N) is 1. The molecule has 3 rings (SSSR count). The lowest BCUT2D eigenvalue weighted by Gasteiger charge is -2.24. The predicted octanol–water partition coefficient (Wildman–Crippen LogP) is 4.32. The molecule has 168 valence electrons. The minimum absolute atomic E-state index is 0.0682. The molecule has 3 aromatic carbocycles. The van der Waals surface area contributed by atoms with Crippen molar-refractivity contribution in [2.24, 2.45) is 0 Å². The van der Waals surface area contributed by atoms with E-state index in [4.69, 9.17) is 9.47 Å². The van der Waals surface area contributed by atoms with Crippen molar-refractivity contribution >= 4 is 27.3 Å². The van der Waals surface area contributed by atoms with Gasteiger partial charge >= 0.3 is 0 Å². The summed E-state index contributed by atoms with van der Waals surface area (Å²) in [5.74, 6) is 0.799. The predicted molar refractivity (Wildman–Crippen MR) is 125 cm³/mol. The molecule has 0 fully saturated rings. The summed E-state index contributed by atoms with van der Waals surface area (Å²) in [6, 6.07) is 21.6. The first-order valence-corrected chi connectivity index (χ1v) is 11.7. The van der Waals surface area contributed by atoms with Crippen molar-refractivity contribution in [3.8, 4) is 11.5 Å². The van der Waals surface area contributed by atoms with Crippen molar-refractivity contribution in [1.29, 1.82) is 0 Å². The van der Waals surface area contributed by atoms with E-state index < -0.39 is 15.9 Å². The lowest BCUT2D eigenvalue weighted by Crippen LogP contribution is -2.38. The number of para-hydroxylation sites is 1. The third-order valence-corrected chi connectivity index (χ3v) is 6.29. The normalized spacial score (nSPS) is 10.9. The molecule has 8 heteroatoms. The van der Waals surface area contributed by atoms with Gasteiger partial charge in [0.25, 0.3) is 10.0 Å². The van der Waals surface area contributed by atoms with E-state index in [-0.39, 0.29) is 11.4 Å². The molecule has 0 unspecified atom stereocenters. The zero-order valence-corrected chi connectivity index (χ0v) is 18.8. The van der Waals surface area contributed by atoms with Crippen molar-refractivity contribution < 1.29 is 22.7 Å². The van der Waals surface area contributed by atoms with Crippen LogP contribution in [0, 0.1) is 0 Å². The second-order valence-corrected chi connectivity index (χ2v) is 8.62. The minimum atomic E-state index is -3.99. The number of sulfonamides is 1. The molecule has 0 aliphatic carbocycles. The number of hydrogen-bond donors (Lipinski definition) is 1. The topological polar surface area (TPSA) is 84.9 Å². The molecule has 0 aromatic heterocycles. The van der Waals surface area contributed by atoms with Gasteiger partial charge in [-0.1, -0.05) is 18.2 Å². The summed E-state index contributed by atoms with van der Waals surface area (Å²) in [5.41, 5.74) is 0.938. The number of amides is 1. The van der Waals surface area contributed by atoms with Gasteiger partial charge in [0, 0.05) is 5.69 Å². The highest BCUT2D eigenvalue weighted by atomic mass is 32.2. The highest BCUT2D eigenvalue weighted by Gasteiger charge is 2.27. The van der Waals surface area contributed by atoms with E-state index >= 15 is 0 Å². The van der Waals surface area contributed by atoms with Crippen LogP contribution in [0.5, 0.6) is 11.5 Å². The van der Waals surface area contributed by atoms with E-state index in [0.717, 1.165) is 4.31 Å². The summed E-state index contributed by atoms with van der Waals surface area (Å²) in [4.78, 5) is 12.8. The Hall–Kier alpha value is -3.52. The van der Waals surface area contributed by atoms with Gasteiger partial charge < -0.3 is 14.8 Å². The summed E-state index contributed by atoms with van der Waals surface area (Å²) in [6.07, 6.45) is 0. The van der Waals surface area contributed by atoms with Crippen molar-refractivity contribution in [1.82, 2.24) is 0 Å². The van der Waals surface area contributed by atoms with Gasteiger partial charge in [-0.2, -0.15) is 0 Å². The van der Waals surface area contributed by atoms with Gasteiger partial charge in [0.1, 0.15) is 18.0 Å².